The second kappa shape index (κ2) is 9.03. The highest BCUT2D eigenvalue weighted by molar-refractivity contribution is 7.98. The summed E-state index contributed by atoms with van der Waals surface area (Å²) in [5.74, 6) is 0. The lowest BCUT2D eigenvalue weighted by Crippen LogP contribution is -2.16. The van der Waals surface area contributed by atoms with Crippen LogP contribution >= 0.6 is 24.2 Å². The molecule has 0 atom stereocenters. The molecule has 0 aliphatic heterocycles. The maximum atomic E-state index is 3.48. The van der Waals surface area contributed by atoms with Crippen molar-refractivity contribution in [2.24, 2.45) is 0 Å². The zero-order valence-corrected chi connectivity index (χ0v) is 12.8. The van der Waals surface area contributed by atoms with E-state index in [0.29, 0.717) is 0 Å². The highest BCUT2D eigenvalue weighted by Crippen LogP contribution is 2.14. The van der Waals surface area contributed by atoms with Gasteiger partial charge in [-0.25, -0.2) is 0 Å². The molecule has 1 nitrogen and oxygen atoms in total. The molecule has 0 saturated heterocycles. The molecule has 102 valence electrons. The summed E-state index contributed by atoms with van der Waals surface area (Å²) < 4.78 is 0. The summed E-state index contributed by atoms with van der Waals surface area (Å²) in [4.78, 5) is 1.32. The van der Waals surface area contributed by atoms with Crippen LogP contribution in [0.4, 0.5) is 0 Å². The minimum Gasteiger partial charge on any atom is -0.312 e. The number of nitrogens with one attached hydrogen (secondary N) is 1. The standard InChI is InChI=1S/C16H19NS.ClH/c1-18-16-9-7-15(8-10-16)13-17-12-11-14-5-3-2-4-6-14;/h2-10,17H,11-13H2,1H3;1H. The maximum Gasteiger partial charge on any atom is 0.0205 e. The number of thioether (sulfide) groups is 1. The van der Waals surface area contributed by atoms with Crippen molar-refractivity contribution >= 4 is 24.2 Å². The molecule has 2 rings (SSSR count). The van der Waals surface area contributed by atoms with Gasteiger partial charge in [-0.2, -0.15) is 0 Å². The Morgan fingerprint density at radius 3 is 2.21 bits per heavy atom. The van der Waals surface area contributed by atoms with Gasteiger partial charge in [-0.3, -0.25) is 0 Å². The van der Waals surface area contributed by atoms with E-state index in [1.54, 1.807) is 11.8 Å². The molecule has 0 bridgehead atoms. The first-order chi connectivity index (χ1) is 8.88. The molecule has 0 aliphatic rings. The first-order valence-corrected chi connectivity index (χ1v) is 7.48. The van der Waals surface area contributed by atoms with Gasteiger partial charge in [0, 0.05) is 11.4 Å². The van der Waals surface area contributed by atoms with Gasteiger partial charge in [0.15, 0.2) is 0 Å². The van der Waals surface area contributed by atoms with Crippen molar-refractivity contribution in [1.29, 1.82) is 0 Å². The molecule has 0 heterocycles. The highest BCUT2D eigenvalue weighted by atomic mass is 35.5. The summed E-state index contributed by atoms with van der Waals surface area (Å²) in [6, 6.07) is 19.3. The van der Waals surface area contributed by atoms with Crippen LogP contribution in [0.5, 0.6) is 0 Å². The van der Waals surface area contributed by atoms with E-state index < -0.39 is 0 Å². The Morgan fingerprint density at radius 2 is 1.58 bits per heavy atom. The smallest absolute Gasteiger partial charge is 0.0205 e. The van der Waals surface area contributed by atoms with Crippen LogP contribution in [-0.4, -0.2) is 12.8 Å². The van der Waals surface area contributed by atoms with Gasteiger partial charge in [0.25, 0.3) is 0 Å². The first kappa shape index (κ1) is 16.1. The van der Waals surface area contributed by atoms with E-state index in [1.807, 2.05) is 0 Å². The summed E-state index contributed by atoms with van der Waals surface area (Å²) in [5, 5.41) is 3.48. The van der Waals surface area contributed by atoms with E-state index in [4.69, 9.17) is 0 Å². The fraction of sp³-hybridized carbons (Fsp3) is 0.250. The maximum absolute atomic E-state index is 3.48. The Labute approximate surface area is 126 Å². The SMILES string of the molecule is CSc1ccc(CNCCc2ccccc2)cc1.Cl. The van der Waals surface area contributed by atoms with Crippen LogP contribution in [-0.2, 0) is 13.0 Å². The van der Waals surface area contributed by atoms with Crippen LogP contribution in [0.3, 0.4) is 0 Å². The van der Waals surface area contributed by atoms with Crippen molar-refractivity contribution < 1.29 is 0 Å². The average molecular weight is 294 g/mol. The average Bonchev–Trinajstić information content (AvgIpc) is 2.45. The summed E-state index contributed by atoms with van der Waals surface area (Å²) in [5.41, 5.74) is 2.74. The third kappa shape index (κ3) is 5.68. The van der Waals surface area contributed by atoms with Gasteiger partial charge in [-0.1, -0.05) is 42.5 Å². The van der Waals surface area contributed by atoms with Crippen molar-refractivity contribution in [3.8, 4) is 0 Å². The largest absolute Gasteiger partial charge is 0.312 e. The number of halogens is 1. The molecule has 1 N–H and O–H groups in total. The molecular formula is C16H20ClNS. The topological polar surface area (TPSA) is 12.0 Å². The molecule has 0 aliphatic carbocycles. The Bertz CT molecular complexity index is 456. The van der Waals surface area contributed by atoms with Gasteiger partial charge in [-0.15, -0.1) is 24.2 Å². The molecule has 0 fully saturated rings. The highest BCUT2D eigenvalue weighted by Gasteiger charge is 1.95. The van der Waals surface area contributed by atoms with Crippen LogP contribution in [0.25, 0.3) is 0 Å². The Morgan fingerprint density at radius 1 is 0.895 bits per heavy atom. The fourth-order valence-corrected chi connectivity index (χ4v) is 2.26. The van der Waals surface area contributed by atoms with E-state index in [0.717, 1.165) is 19.5 Å². The van der Waals surface area contributed by atoms with Crippen molar-refractivity contribution in [2.45, 2.75) is 17.9 Å². The molecule has 0 radical (unpaired) electrons. The lowest BCUT2D eigenvalue weighted by Gasteiger charge is -2.06. The summed E-state index contributed by atoms with van der Waals surface area (Å²) in [7, 11) is 0. The first-order valence-electron chi connectivity index (χ1n) is 6.26. The van der Waals surface area contributed by atoms with Gasteiger partial charge >= 0.3 is 0 Å². The molecular weight excluding hydrogens is 274 g/mol. The fourth-order valence-electron chi connectivity index (χ4n) is 1.85. The molecule has 3 heteroatoms. The zero-order chi connectivity index (χ0) is 12.6. The third-order valence-corrected chi connectivity index (χ3v) is 3.67. The second-order valence-corrected chi connectivity index (χ2v) is 5.14. The molecule has 0 amide bonds. The van der Waals surface area contributed by atoms with Crippen molar-refractivity contribution in [1.82, 2.24) is 5.32 Å². The number of hydrogen-bond donors (Lipinski definition) is 1. The predicted octanol–water partition coefficient (Wildman–Crippen LogP) is 4.16. The van der Waals surface area contributed by atoms with E-state index in [2.05, 4.69) is 66.2 Å². The van der Waals surface area contributed by atoms with Crippen LogP contribution in [0, 0.1) is 0 Å². The molecule has 0 aromatic heterocycles. The minimum absolute atomic E-state index is 0. The number of benzene rings is 2. The monoisotopic (exact) mass is 293 g/mol. The Hall–Kier alpha value is -0.960. The normalized spacial score (nSPS) is 9.95. The number of hydrogen-bond acceptors (Lipinski definition) is 2. The third-order valence-electron chi connectivity index (χ3n) is 2.92. The van der Waals surface area contributed by atoms with Crippen molar-refractivity contribution in [2.75, 3.05) is 12.8 Å². The summed E-state index contributed by atoms with van der Waals surface area (Å²) in [6.45, 7) is 1.97. The quantitative estimate of drug-likeness (QED) is 0.634. The van der Waals surface area contributed by atoms with E-state index in [1.165, 1.54) is 16.0 Å². The van der Waals surface area contributed by atoms with Crippen LogP contribution in [0.15, 0.2) is 59.5 Å². The molecule has 2 aromatic rings. The van der Waals surface area contributed by atoms with Gasteiger partial charge in [0.1, 0.15) is 0 Å². The van der Waals surface area contributed by atoms with Crippen LogP contribution in [0.2, 0.25) is 0 Å². The summed E-state index contributed by atoms with van der Waals surface area (Å²) >= 11 is 1.78. The van der Waals surface area contributed by atoms with E-state index in [9.17, 15) is 0 Å². The zero-order valence-electron chi connectivity index (χ0n) is 11.1. The van der Waals surface area contributed by atoms with Crippen molar-refractivity contribution in [3.05, 3.63) is 65.7 Å². The van der Waals surface area contributed by atoms with E-state index >= 15 is 0 Å². The molecule has 0 unspecified atom stereocenters. The van der Waals surface area contributed by atoms with Gasteiger partial charge < -0.3 is 5.32 Å². The van der Waals surface area contributed by atoms with Gasteiger partial charge in [0.2, 0.25) is 0 Å². The lowest BCUT2D eigenvalue weighted by molar-refractivity contribution is 0.686. The Balaban J connectivity index is 0.00000180. The molecule has 0 saturated carbocycles. The van der Waals surface area contributed by atoms with Gasteiger partial charge in [-0.05, 0) is 42.5 Å². The summed E-state index contributed by atoms with van der Waals surface area (Å²) in [6.07, 6.45) is 3.19. The second-order valence-electron chi connectivity index (χ2n) is 4.26. The molecule has 0 spiro atoms. The van der Waals surface area contributed by atoms with Crippen molar-refractivity contribution in [3.63, 3.8) is 0 Å². The predicted molar refractivity (Wildman–Crippen MR) is 87.3 cm³/mol. The minimum atomic E-state index is 0. The molecule has 19 heavy (non-hydrogen) atoms. The molecule has 2 aromatic carbocycles. The number of rotatable bonds is 6. The van der Waals surface area contributed by atoms with E-state index in [-0.39, 0.29) is 12.4 Å². The Kier molecular flexibility index (Phi) is 7.65. The lowest BCUT2D eigenvalue weighted by atomic mass is 10.1. The van der Waals surface area contributed by atoms with Gasteiger partial charge in [0.05, 0.1) is 0 Å². The van der Waals surface area contributed by atoms with Crippen LogP contribution < -0.4 is 5.32 Å². The van der Waals surface area contributed by atoms with Crippen LogP contribution in [0.1, 0.15) is 11.1 Å².